The zero-order valence-electron chi connectivity index (χ0n) is 21.5. The van der Waals surface area contributed by atoms with Crippen molar-refractivity contribution < 1.29 is 14.3 Å². The number of hydrogen-bond acceptors (Lipinski definition) is 8. The quantitative estimate of drug-likeness (QED) is 0.386. The van der Waals surface area contributed by atoms with Crippen LogP contribution in [0.15, 0.2) is 55.0 Å². The van der Waals surface area contributed by atoms with E-state index < -0.39 is 5.91 Å². The molecule has 0 aromatic carbocycles. The van der Waals surface area contributed by atoms with E-state index in [0.717, 1.165) is 60.0 Å². The van der Waals surface area contributed by atoms with Gasteiger partial charge in [0.25, 0.3) is 0 Å². The van der Waals surface area contributed by atoms with Crippen LogP contribution in [0.3, 0.4) is 0 Å². The molecular formula is C28H31N7O3. The highest BCUT2D eigenvalue weighted by atomic mass is 16.5. The zero-order chi connectivity index (χ0) is 26.2. The molecule has 2 atom stereocenters. The second-order valence-corrected chi connectivity index (χ2v) is 9.93. The third kappa shape index (κ3) is 4.80. The van der Waals surface area contributed by atoms with E-state index in [0.29, 0.717) is 30.0 Å². The molecule has 0 spiro atoms. The SMILES string of the molecule is CCN(c1ccc(C(N)=O)cn1)c1cc2cc(-c3cc(C)ncc3OC3CC4COCC(C3)N4)ccn2n1. The zero-order valence-corrected chi connectivity index (χ0v) is 21.5. The Bertz CT molecular complexity index is 1460. The van der Waals surface area contributed by atoms with Gasteiger partial charge in [-0.1, -0.05) is 0 Å². The Hall–Kier alpha value is -4.02. The lowest BCUT2D eigenvalue weighted by Gasteiger charge is -2.40. The number of rotatable bonds is 7. The molecule has 10 heteroatoms. The Balaban J connectivity index is 1.29. The molecule has 10 nitrogen and oxygen atoms in total. The minimum atomic E-state index is -0.501. The summed E-state index contributed by atoms with van der Waals surface area (Å²) in [4.78, 5) is 22.4. The van der Waals surface area contributed by atoms with Crippen molar-refractivity contribution in [1.29, 1.82) is 0 Å². The number of ether oxygens (including phenoxy) is 2. The summed E-state index contributed by atoms with van der Waals surface area (Å²) in [7, 11) is 0. The van der Waals surface area contributed by atoms with Crippen LogP contribution in [0.25, 0.3) is 16.6 Å². The molecule has 0 saturated carbocycles. The minimum absolute atomic E-state index is 0.121. The van der Waals surface area contributed by atoms with Crippen molar-refractivity contribution in [3.63, 3.8) is 0 Å². The molecular weight excluding hydrogens is 482 g/mol. The van der Waals surface area contributed by atoms with Crippen LogP contribution in [0.5, 0.6) is 5.75 Å². The van der Waals surface area contributed by atoms with Gasteiger partial charge in [0.1, 0.15) is 17.7 Å². The lowest BCUT2D eigenvalue weighted by atomic mass is 9.94. The number of pyridine rings is 3. The molecule has 38 heavy (non-hydrogen) atoms. The summed E-state index contributed by atoms with van der Waals surface area (Å²) < 4.78 is 14.1. The van der Waals surface area contributed by atoms with Crippen molar-refractivity contribution in [2.24, 2.45) is 5.73 Å². The second kappa shape index (κ2) is 10.0. The number of aryl methyl sites for hydroxylation is 1. The summed E-state index contributed by atoms with van der Waals surface area (Å²) >= 11 is 0. The van der Waals surface area contributed by atoms with Gasteiger partial charge in [0, 0.05) is 61.2 Å². The molecule has 0 radical (unpaired) electrons. The topological polar surface area (TPSA) is 120 Å². The van der Waals surface area contributed by atoms with Gasteiger partial charge in [-0.15, -0.1) is 5.10 Å². The third-order valence-electron chi connectivity index (χ3n) is 7.17. The molecule has 2 bridgehead atoms. The number of aromatic nitrogens is 4. The van der Waals surface area contributed by atoms with Crippen LogP contribution in [-0.4, -0.2) is 63.4 Å². The van der Waals surface area contributed by atoms with Crippen LogP contribution in [0.2, 0.25) is 0 Å². The average Bonchev–Trinajstić information content (AvgIpc) is 3.33. The van der Waals surface area contributed by atoms with Crippen LogP contribution in [0.4, 0.5) is 11.6 Å². The molecule has 1 amide bonds. The number of morpholine rings is 1. The molecule has 196 valence electrons. The Morgan fingerprint density at radius 3 is 2.66 bits per heavy atom. The van der Waals surface area contributed by atoms with Gasteiger partial charge in [0.2, 0.25) is 5.91 Å². The van der Waals surface area contributed by atoms with E-state index in [9.17, 15) is 4.79 Å². The minimum Gasteiger partial charge on any atom is -0.488 e. The highest BCUT2D eigenvalue weighted by Crippen LogP contribution is 2.34. The van der Waals surface area contributed by atoms with Gasteiger partial charge in [-0.2, -0.15) is 0 Å². The number of hydrogen-bond donors (Lipinski definition) is 2. The van der Waals surface area contributed by atoms with Crippen LogP contribution < -0.4 is 20.7 Å². The molecule has 2 aliphatic heterocycles. The summed E-state index contributed by atoms with van der Waals surface area (Å²) in [5.74, 6) is 1.74. The van der Waals surface area contributed by atoms with Gasteiger partial charge < -0.3 is 25.4 Å². The molecule has 6 rings (SSSR count). The number of carbonyl (C=O) groups excluding carboxylic acids is 1. The fourth-order valence-corrected chi connectivity index (χ4v) is 5.34. The molecule has 4 aromatic rings. The second-order valence-electron chi connectivity index (χ2n) is 9.93. The highest BCUT2D eigenvalue weighted by molar-refractivity contribution is 5.92. The van der Waals surface area contributed by atoms with Crippen molar-refractivity contribution in [2.45, 2.75) is 44.9 Å². The van der Waals surface area contributed by atoms with Crippen LogP contribution >= 0.6 is 0 Å². The Morgan fingerprint density at radius 1 is 1.13 bits per heavy atom. The van der Waals surface area contributed by atoms with E-state index in [1.165, 1.54) is 6.20 Å². The molecule has 0 aliphatic carbocycles. The van der Waals surface area contributed by atoms with E-state index in [1.807, 2.05) is 47.8 Å². The summed E-state index contributed by atoms with van der Waals surface area (Å²) in [6, 6.07) is 12.4. The number of nitrogens with two attached hydrogens (primary N) is 1. The molecule has 4 aromatic heterocycles. The molecule has 2 unspecified atom stereocenters. The summed E-state index contributed by atoms with van der Waals surface area (Å²) in [6.07, 6.45) is 7.23. The number of primary amides is 1. The number of carbonyl (C=O) groups is 1. The largest absolute Gasteiger partial charge is 0.488 e. The van der Waals surface area contributed by atoms with Gasteiger partial charge in [-0.3, -0.25) is 9.78 Å². The van der Waals surface area contributed by atoms with Crippen LogP contribution in [0, 0.1) is 6.92 Å². The fourth-order valence-electron chi connectivity index (χ4n) is 5.34. The maximum Gasteiger partial charge on any atom is 0.250 e. The normalized spacial score (nSPS) is 20.8. The van der Waals surface area contributed by atoms with E-state index in [1.54, 1.807) is 12.1 Å². The fraction of sp³-hybridized carbons (Fsp3) is 0.357. The van der Waals surface area contributed by atoms with Crippen molar-refractivity contribution >= 4 is 23.1 Å². The smallest absolute Gasteiger partial charge is 0.250 e. The number of fused-ring (bicyclic) bond motifs is 3. The number of nitrogens with zero attached hydrogens (tertiary/aromatic N) is 5. The van der Waals surface area contributed by atoms with E-state index >= 15 is 0 Å². The number of piperidine rings is 1. The molecule has 6 heterocycles. The van der Waals surface area contributed by atoms with Gasteiger partial charge in [-0.05, 0) is 49.7 Å². The van der Waals surface area contributed by atoms with Crippen molar-refractivity contribution in [1.82, 2.24) is 24.9 Å². The first-order valence-electron chi connectivity index (χ1n) is 13.0. The molecule has 2 fully saturated rings. The van der Waals surface area contributed by atoms with Gasteiger partial charge in [0.15, 0.2) is 5.82 Å². The Morgan fingerprint density at radius 2 is 1.95 bits per heavy atom. The first-order chi connectivity index (χ1) is 18.5. The lowest BCUT2D eigenvalue weighted by Crippen LogP contribution is -2.56. The molecule has 2 saturated heterocycles. The Labute approximate surface area is 220 Å². The average molecular weight is 514 g/mol. The maximum absolute atomic E-state index is 11.4. The number of anilines is 2. The number of nitrogens with one attached hydrogen (secondary N) is 1. The first-order valence-corrected chi connectivity index (χ1v) is 13.0. The summed E-state index contributed by atoms with van der Waals surface area (Å²) in [5.41, 5.74) is 9.65. The van der Waals surface area contributed by atoms with Crippen LogP contribution in [-0.2, 0) is 4.74 Å². The predicted molar refractivity (Wildman–Crippen MR) is 144 cm³/mol. The lowest BCUT2D eigenvalue weighted by molar-refractivity contribution is -0.0122. The standard InChI is InChI=1S/C28H31N7O3/c1-3-34(26-5-4-19(13-31-26)28(29)36)27-12-22-9-18(6-7-35(22)33-27)24-8-17(2)30-14-25(24)38-23-10-20-15-37-16-21(11-23)32-20/h4-9,12-14,20-21,23,32H,3,10-11,15-16H2,1-2H3,(H2,29,36). The Kier molecular flexibility index (Phi) is 6.42. The molecule has 2 aliphatic rings. The van der Waals surface area contributed by atoms with Gasteiger partial charge >= 0.3 is 0 Å². The number of amides is 1. The van der Waals surface area contributed by atoms with E-state index in [2.05, 4.69) is 27.4 Å². The third-order valence-corrected chi connectivity index (χ3v) is 7.17. The van der Waals surface area contributed by atoms with Crippen molar-refractivity contribution in [3.8, 4) is 16.9 Å². The van der Waals surface area contributed by atoms with E-state index in [-0.39, 0.29) is 6.10 Å². The summed E-state index contributed by atoms with van der Waals surface area (Å²) in [6.45, 7) is 6.14. The van der Waals surface area contributed by atoms with E-state index in [4.69, 9.17) is 20.3 Å². The van der Waals surface area contributed by atoms with Gasteiger partial charge in [0.05, 0.1) is 30.5 Å². The predicted octanol–water partition coefficient (Wildman–Crippen LogP) is 3.25. The van der Waals surface area contributed by atoms with Crippen LogP contribution in [0.1, 0.15) is 35.8 Å². The first kappa shape index (κ1) is 24.3. The summed E-state index contributed by atoms with van der Waals surface area (Å²) in [5, 5.41) is 8.39. The van der Waals surface area contributed by atoms with Gasteiger partial charge in [-0.25, -0.2) is 9.50 Å². The maximum atomic E-state index is 11.4. The molecule has 3 N–H and O–H groups in total. The highest BCUT2D eigenvalue weighted by Gasteiger charge is 2.33. The van der Waals surface area contributed by atoms with Crippen molar-refractivity contribution in [3.05, 3.63) is 66.2 Å². The van der Waals surface area contributed by atoms with Crippen molar-refractivity contribution in [2.75, 3.05) is 24.7 Å². The monoisotopic (exact) mass is 513 g/mol.